The van der Waals surface area contributed by atoms with Gasteiger partial charge in [-0.25, -0.2) is 4.39 Å². The lowest BCUT2D eigenvalue weighted by Crippen LogP contribution is -2.13. The summed E-state index contributed by atoms with van der Waals surface area (Å²) in [6, 6.07) is 8.95. The molecule has 2 rings (SSSR count). The van der Waals surface area contributed by atoms with Crippen LogP contribution in [0, 0.1) is 12.7 Å². The van der Waals surface area contributed by atoms with E-state index in [1.165, 1.54) is 18.2 Å². The van der Waals surface area contributed by atoms with Crippen LogP contribution in [0.15, 0.2) is 40.9 Å². The predicted octanol–water partition coefficient (Wildman–Crippen LogP) is 3.85. The Morgan fingerprint density at radius 3 is 2.74 bits per heavy atom. The number of rotatable bonds is 2. The van der Waals surface area contributed by atoms with Gasteiger partial charge >= 0.3 is 0 Å². The lowest BCUT2D eigenvalue weighted by Gasteiger charge is -2.09. The first-order valence-corrected chi connectivity index (χ1v) is 6.33. The van der Waals surface area contributed by atoms with Gasteiger partial charge in [-0.05, 0) is 53.2 Å². The third-order valence-electron chi connectivity index (χ3n) is 2.72. The molecule has 0 saturated carbocycles. The van der Waals surface area contributed by atoms with Crippen molar-refractivity contribution < 1.29 is 14.3 Å². The normalized spacial score (nSPS) is 10.3. The number of hydrogen-bond donors (Lipinski definition) is 2. The van der Waals surface area contributed by atoms with Crippen molar-refractivity contribution in [2.24, 2.45) is 0 Å². The second-order valence-corrected chi connectivity index (χ2v) is 4.89. The van der Waals surface area contributed by atoms with E-state index in [2.05, 4.69) is 21.2 Å². The Morgan fingerprint density at radius 1 is 1.32 bits per heavy atom. The fourth-order valence-corrected chi connectivity index (χ4v) is 1.84. The fraction of sp³-hybridized carbons (Fsp3) is 0.0714. The van der Waals surface area contributed by atoms with E-state index in [-0.39, 0.29) is 11.6 Å². The number of nitrogens with one attached hydrogen (secondary N) is 1. The van der Waals surface area contributed by atoms with E-state index in [4.69, 9.17) is 0 Å². The molecule has 0 aliphatic rings. The molecule has 0 spiro atoms. The molecule has 0 saturated heterocycles. The van der Waals surface area contributed by atoms with Crippen molar-refractivity contribution in [3.63, 3.8) is 0 Å². The van der Waals surface area contributed by atoms with Crippen molar-refractivity contribution in [2.45, 2.75) is 6.92 Å². The maximum atomic E-state index is 13.4. The van der Waals surface area contributed by atoms with E-state index in [9.17, 15) is 14.3 Å². The molecule has 0 aliphatic carbocycles. The SMILES string of the molecule is Cc1c(F)cccc1NC(=O)c1ccc(Br)c(O)c1. The van der Waals surface area contributed by atoms with Gasteiger partial charge in [0, 0.05) is 16.8 Å². The minimum atomic E-state index is -0.406. The molecule has 0 heterocycles. The minimum absolute atomic E-state index is 0.0244. The molecule has 0 radical (unpaired) electrons. The highest BCUT2D eigenvalue weighted by molar-refractivity contribution is 9.10. The molecule has 0 aromatic heterocycles. The molecule has 5 heteroatoms. The second-order valence-electron chi connectivity index (χ2n) is 4.03. The van der Waals surface area contributed by atoms with Gasteiger partial charge in [-0.15, -0.1) is 0 Å². The summed E-state index contributed by atoms with van der Waals surface area (Å²) in [5.74, 6) is -0.809. The van der Waals surface area contributed by atoms with Crippen molar-refractivity contribution in [3.05, 3.63) is 57.8 Å². The Labute approximate surface area is 118 Å². The average molecular weight is 324 g/mol. The van der Waals surface area contributed by atoms with Crippen molar-refractivity contribution in [1.82, 2.24) is 0 Å². The van der Waals surface area contributed by atoms with E-state index in [1.807, 2.05) is 0 Å². The first-order valence-electron chi connectivity index (χ1n) is 5.54. The molecule has 0 atom stereocenters. The summed E-state index contributed by atoms with van der Waals surface area (Å²) >= 11 is 3.14. The number of anilines is 1. The molecule has 0 aliphatic heterocycles. The highest BCUT2D eigenvalue weighted by Crippen LogP contribution is 2.25. The Morgan fingerprint density at radius 2 is 2.05 bits per heavy atom. The van der Waals surface area contributed by atoms with Gasteiger partial charge in [0.25, 0.3) is 5.91 Å². The lowest BCUT2D eigenvalue weighted by molar-refractivity contribution is 0.102. The van der Waals surface area contributed by atoms with Crippen LogP contribution in [0.2, 0.25) is 0 Å². The number of carbonyl (C=O) groups is 1. The zero-order chi connectivity index (χ0) is 14.0. The number of phenolic OH excluding ortho intramolecular Hbond substituents is 1. The minimum Gasteiger partial charge on any atom is -0.507 e. The number of carbonyl (C=O) groups excluding carboxylic acids is 1. The second kappa shape index (κ2) is 5.40. The number of hydrogen-bond acceptors (Lipinski definition) is 2. The van der Waals surface area contributed by atoms with Gasteiger partial charge in [0.1, 0.15) is 11.6 Å². The zero-order valence-electron chi connectivity index (χ0n) is 10.1. The molecule has 2 N–H and O–H groups in total. The van der Waals surface area contributed by atoms with Crippen LogP contribution >= 0.6 is 15.9 Å². The highest BCUT2D eigenvalue weighted by Gasteiger charge is 2.11. The van der Waals surface area contributed by atoms with Crippen LogP contribution in [-0.4, -0.2) is 11.0 Å². The Hall–Kier alpha value is -1.88. The zero-order valence-corrected chi connectivity index (χ0v) is 11.7. The van der Waals surface area contributed by atoms with Crippen LogP contribution in [-0.2, 0) is 0 Å². The molecule has 0 fully saturated rings. The molecular weight excluding hydrogens is 313 g/mol. The summed E-state index contributed by atoms with van der Waals surface area (Å²) in [6.45, 7) is 1.59. The van der Waals surface area contributed by atoms with Gasteiger partial charge in [-0.1, -0.05) is 6.07 Å². The van der Waals surface area contributed by atoms with E-state index in [0.29, 0.717) is 21.3 Å². The number of halogens is 2. The molecule has 2 aromatic carbocycles. The first-order chi connectivity index (χ1) is 8.99. The molecular formula is C14H11BrFNO2. The van der Waals surface area contributed by atoms with Crippen molar-refractivity contribution in [3.8, 4) is 5.75 Å². The molecule has 2 aromatic rings. The quantitative estimate of drug-likeness (QED) is 0.881. The first kappa shape index (κ1) is 13.5. The van der Waals surface area contributed by atoms with E-state index < -0.39 is 5.91 Å². The average Bonchev–Trinajstić information content (AvgIpc) is 2.38. The third-order valence-corrected chi connectivity index (χ3v) is 3.39. The number of phenols is 1. The van der Waals surface area contributed by atoms with Gasteiger partial charge in [-0.3, -0.25) is 4.79 Å². The molecule has 0 bridgehead atoms. The van der Waals surface area contributed by atoms with E-state index in [0.717, 1.165) is 0 Å². The molecule has 3 nitrogen and oxygen atoms in total. The number of aromatic hydroxyl groups is 1. The highest BCUT2D eigenvalue weighted by atomic mass is 79.9. The van der Waals surface area contributed by atoms with E-state index in [1.54, 1.807) is 25.1 Å². The maximum Gasteiger partial charge on any atom is 0.255 e. The predicted molar refractivity (Wildman–Crippen MR) is 74.9 cm³/mol. The monoisotopic (exact) mass is 323 g/mol. The Kier molecular flexibility index (Phi) is 3.85. The summed E-state index contributed by atoms with van der Waals surface area (Å²) < 4.78 is 13.9. The standard InChI is InChI=1S/C14H11BrFNO2/c1-8-11(16)3-2-4-12(8)17-14(19)9-5-6-10(15)13(18)7-9/h2-7,18H,1H3,(H,17,19). The van der Waals surface area contributed by atoms with Crippen LogP contribution in [0.4, 0.5) is 10.1 Å². The van der Waals surface area contributed by atoms with Crippen LogP contribution in [0.3, 0.4) is 0 Å². The van der Waals surface area contributed by atoms with Crippen LogP contribution in [0.1, 0.15) is 15.9 Å². The summed E-state index contributed by atoms with van der Waals surface area (Å²) in [4.78, 5) is 12.0. The topological polar surface area (TPSA) is 49.3 Å². The van der Waals surface area contributed by atoms with Gasteiger partial charge in [-0.2, -0.15) is 0 Å². The summed E-state index contributed by atoms with van der Waals surface area (Å²) in [6.07, 6.45) is 0. The lowest BCUT2D eigenvalue weighted by atomic mass is 10.1. The molecule has 0 unspecified atom stereocenters. The van der Waals surface area contributed by atoms with Crippen molar-refractivity contribution in [2.75, 3.05) is 5.32 Å². The molecule has 1 amide bonds. The van der Waals surface area contributed by atoms with Crippen molar-refractivity contribution in [1.29, 1.82) is 0 Å². The van der Waals surface area contributed by atoms with E-state index >= 15 is 0 Å². The van der Waals surface area contributed by atoms with Crippen molar-refractivity contribution >= 4 is 27.5 Å². The maximum absolute atomic E-state index is 13.4. The van der Waals surface area contributed by atoms with Crippen LogP contribution in [0.25, 0.3) is 0 Å². The van der Waals surface area contributed by atoms with Crippen LogP contribution < -0.4 is 5.32 Å². The van der Waals surface area contributed by atoms with Gasteiger partial charge < -0.3 is 10.4 Å². The smallest absolute Gasteiger partial charge is 0.255 e. The number of amides is 1. The van der Waals surface area contributed by atoms with Gasteiger partial charge in [0.05, 0.1) is 4.47 Å². The molecule has 19 heavy (non-hydrogen) atoms. The third kappa shape index (κ3) is 2.93. The fourth-order valence-electron chi connectivity index (χ4n) is 1.59. The Bertz CT molecular complexity index is 643. The Balaban J connectivity index is 2.26. The van der Waals surface area contributed by atoms with Crippen LogP contribution in [0.5, 0.6) is 5.75 Å². The summed E-state index contributed by atoms with van der Waals surface area (Å²) in [7, 11) is 0. The largest absolute Gasteiger partial charge is 0.507 e. The summed E-state index contributed by atoms with van der Waals surface area (Å²) in [5.41, 5.74) is 1.08. The number of benzene rings is 2. The van der Waals surface area contributed by atoms with Gasteiger partial charge in [0.15, 0.2) is 0 Å². The molecule has 98 valence electrons. The summed E-state index contributed by atoms with van der Waals surface area (Å²) in [5, 5.41) is 12.1. The van der Waals surface area contributed by atoms with Gasteiger partial charge in [0.2, 0.25) is 0 Å².